The summed E-state index contributed by atoms with van der Waals surface area (Å²) >= 11 is 0. The summed E-state index contributed by atoms with van der Waals surface area (Å²) in [6.45, 7) is -6.53. The van der Waals surface area contributed by atoms with Crippen molar-refractivity contribution in [2.75, 3.05) is 13.2 Å². The lowest BCUT2D eigenvalue weighted by Gasteiger charge is -2.39. The van der Waals surface area contributed by atoms with Crippen molar-refractivity contribution >= 4 is 16.7 Å². The fourth-order valence-electron chi connectivity index (χ4n) is 3.25. The van der Waals surface area contributed by atoms with Gasteiger partial charge >= 0.3 is 5.97 Å². The van der Waals surface area contributed by atoms with E-state index in [1.807, 2.05) is 18.2 Å². The van der Waals surface area contributed by atoms with Crippen molar-refractivity contribution < 1.29 is 47.7 Å². The molecule has 3 unspecified atom stereocenters. The molecule has 1 fully saturated rings. The number of hydrogen-bond donors (Lipinski definition) is 5. The minimum absolute atomic E-state index is 0.307. The number of rotatable bonds is 9. The highest BCUT2D eigenvalue weighted by atomic mass is 16.7. The maximum atomic E-state index is 11.4. The number of carboxylic acid groups (broad SMARTS) is 1. The zero-order chi connectivity index (χ0) is 27.5. The van der Waals surface area contributed by atoms with Gasteiger partial charge in [-0.15, -0.1) is 0 Å². The quantitative estimate of drug-likeness (QED) is 0.376. The number of aliphatic carboxylic acids is 1. The fraction of sp³-hybridized carbons (Fsp3) is 0.500. The zero-order valence-corrected chi connectivity index (χ0v) is 16.4. The highest BCUT2D eigenvalue weighted by Gasteiger charge is 2.48. The van der Waals surface area contributed by atoms with Gasteiger partial charge in [0, 0.05) is 26.2 Å². The van der Waals surface area contributed by atoms with Gasteiger partial charge in [-0.25, -0.2) is 4.79 Å². The molecule has 0 aromatic heterocycles. The third kappa shape index (κ3) is 5.70. The van der Waals surface area contributed by atoms with Crippen molar-refractivity contribution in [2.24, 2.45) is 0 Å². The van der Waals surface area contributed by atoms with Crippen LogP contribution in [0.15, 0.2) is 42.5 Å². The predicted molar refractivity (Wildman–Crippen MR) is 112 cm³/mol. The van der Waals surface area contributed by atoms with Crippen LogP contribution in [-0.2, 0) is 14.3 Å². The molecule has 9 heteroatoms. The third-order valence-electron chi connectivity index (χ3n) is 4.86. The van der Waals surface area contributed by atoms with Gasteiger partial charge in [0.2, 0.25) is 0 Å². The molecule has 2 aromatic rings. The molecule has 1 aliphatic rings. The van der Waals surface area contributed by atoms with Gasteiger partial charge in [-0.1, -0.05) is 50.1 Å². The summed E-state index contributed by atoms with van der Waals surface area (Å²) < 4.78 is 62.1. The minimum Gasteiger partial charge on any atom is -0.490 e. The van der Waals surface area contributed by atoms with E-state index in [4.69, 9.17) is 22.4 Å². The summed E-state index contributed by atoms with van der Waals surface area (Å²) in [5, 5.41) is 43.6. The van der Waals surface area contributed by atoms with E-state index in [0.717, 1.165) is 10.8 Å². The molecule has 1 saturated heterocycles. The van der Waals surface area contributed by atoms with E-state index >= 15 is 0 Å². The van der Waals surface area contributed by atoms with Crippen molar-refractivity contribution in [3.63, 3.8) is 0 Å². The van der Waals surface area contributed by atoms with Crippen LogP contribution < -0.4 is 10.1 Å². The second-order valence-corrected chi connectivity index (χ2v) is 7.12. The first-order chi connectivity index (χ1) is 17.2. The largest absolute Gasteiger partial charge is 0.490 e. The Bertz CT molecular complexity index is 1050. The van der Waals surface area contributed by atoms with E-state index in [1.165, 1.54) is 0 Å². The number of fused-ring (bicyclic) bond motifs is 1. The Hall–Kier alpha value is -2.27. The van der Waals surface area contributed by atoms with E-state index in [0.29, 0.717) is 5.75 Å². The molecule has 1 heterocycles. The van der Waals surface area contributed by atoms with Crippen molar-refractivity contribution in [1.29, 1.82) is 0 Å². The average Bonchev–Trinajstić information content (AvgIpc) is 2.80. The lowest BCUT2D eigenvalue weighted by atomic mass is 9.99. The molecule has 0 amide bonds. The summed E-state index contributed by atoms with van der Waals surface area (Å²) in [7, 11) is 0. The Morgan fingerprint density at radius 1 is 1.13 bits per heavy atom. The van der Waals surface area contributed by atoms with Gasteiger partial charge < -0.3 is 40.0 Å². The van der Waals surface area contributed by atoms with E-state index in [1.54, 1.807) is 24.3 Å². The molecule has 5 N–H and O–H groups in total. The van der Waals surface area contributed by atoms with E-state index < -0.39 is 69.1 Å². The van der Waals surface area contributed by atoms with E-state index in [2.05, 4.69) is 5.32 Å². The molecule has 0 aliphatic carbocycles. The smallest absolute Gasteiger partial charge is 0.335 e. The second kappa shape index (κ2) is 10.4. The molecule has 6 atom stereocenters. The molecule has 0 radical (unpaired) electrons. The summed E-state index contributed by atoms with van der Waals surface area (Å²) in [6, 6.07) is 10.7. The van der Waals surface area contributed by atoms with Crippen LogP contribution in [0.4, 0.5) is 0 Å². The number of carbonyl (C=O) groups is 1. The van der Waals surface area contributed by atoms with Crippen molar-refractivity contribution in [2.45, 2.75) is 56.6 Å². The fourth-order valence-corrected chi connectivity index (χ4v) is 3.25. The normalized spacial score (nSPS) is 31.0. The zero-order valence-electron chi connectivity index (χ0n) is 22.4. The van der Waals surface area contributed by atoms with Crippen LogP contribution in [-0.4, -0.2) is 82.4 Å². The van der Waals surface area contributed by atoms with Gasteiger partial charge in [0.25, 0.3) is 0 Å². The first-order valence-corrected chi connectivity index (χ1v) is 9.62. The van der Waals surface area contributed by atoms with Gasteiger partial charge in [0.05, 0.1) is 0 Å². The maximum absolute atomic E-state index is 11.4. The predicted octanol–water partition coefficient (Wildman–Crippen LogP) is 0.494. The highest BCUT2D eigenvalue weighted by molar-refractivity contribution is 5.88. The van der Waals surface area contributed by atoms with Crippen LogP contribution in [0.1, 0.15) is 21.9 Å². The standard InChI is InChI=1S/C22H29NO8/c1-12(2)23-10-14(11-29-16-9-5-7-13-6-3-4-8-15(13)16)30-22-19(26)17(24)18(25)20(31-22)21(27)28/h3-9,12,14,17-20,22-26H,10-11H2,1-2H3,(H,27,28)/t14?,17-,18+,19?,20?,22-/m1/s1/i1D3,2D3. The van der Waals surface area contributed by atoms with Crippen LogP contribution in [0.2, 0.25) is 0 Å². The SMILES string of the molecule is [2H]C([2H])([2H])C(NCC(COc1cccc2ccccc12)O[C@@H]1OC(C(=O)O)[C@@H](O)[C@@H](O)C1O)C([2H])([2H])[2H]. The number of hydrogen-bond acceptors (Lipinski definition) is 8. The summed E-state index contributed by atoms with van der Waals surface area (Å²) in [5.74, 6) is -1.18. The number of aliphatic hydroxyl groups excluding tert-OH is 3. The molecule has 2 aromatic carbocycles. The highest BCUT2D eigenvalue weighted by Crippen LogP contribution is 2.26. The molecular formula is C22H29NO8. The van der Waals surface area contributed by atoms with Crippen LogP contribution in [0.3, 0.4) is 0 Å². The molecule has 31 heavy (non-hydrogen) atoms. The van der Waals surface area contributed by atoms with Gasteiger partial charge in [-0.05, 0) is 11.5 Å². The van der Waals surface area contributed by atoms with Crippen molar-refractivity contribution in [1.82, 2.24) is 5.32 Å². The Kier molecular flexibility index (Phi) is 5.47. The molecule has 1 aliphatic heterocycles. The summed E-state index contributed by atoms with van der Waals surface area (Å²) in [6.07, 6.45) is -10.6. The Labute approximate surface area is 188 Å². The van der Waals surface area contributed by atoms with E-state index in [-0.39, 0.29) is 6.61 Å². The number of carboxylic acids is 1. The lowest BCUT2D eigenvalue weighted by molar-refractivity contribution is -0.305. The Balaban J connectivity index is 1.83. The lowest BCUT2D eigenvalue weighted by Crippen LogP contribution is -2.61. The van der Waals surface area contributed by atoms with E-state index in [9.17, 15) is 25.2 Å². The molecule has 3 rings (SSSR count). The van der Waals surface area contributed by atoms with Crippen LogP contribution >= 0.6 is 0 Å². The van der Waals surface area contributed by atoms with Crippen molar-refractivity contribution in [3.05, 3.63) is 42.5 Å². The second-order valence-electron chi connectivity index (χ2n) is 7.12. The number of aliphatic hydroxyl groups is 3. The van der Waals surface area contributed by atoms with Crippen molar-refractivity contribution in [3.8, 4) is 5.75 Å². The molecule has 0 bridgehead atoms. The topological polar surface area (TPSA) is 138 Å². The van der Waals surface area contributed by atoms with Gasteiger partial charge in [0.1, 0.15) is 36.8 Å². The molecule has 0 spiro atoms. The number of ether oxygens (including phenoxy) is 3. The van der Waals surface area contributed by atoms with Crippen LogP contribution in [0, 0.1) is 0 Å². The van der Waals surface area contributed by atoms with Gasteiger partial charge in [0.15, 0.2) is 12.4 Å². The van der Waals surface area contributed by atoms with Gasteiger partial charge in [-0.2, -0.15) is 0 Å². The summed E-state index contributed by atoms with van der Waals surface area (Å²) in [5.41, 5.74) is 0. The Morgan fingerprint density at radius 3 is 2.61 bits per heavy atom. The molecule has 0 saturated carbocycles. The first kappa shape index (κ1) is 16.4. The minimum atomic E-state index is -2.90. The number of nitrogens with one attached hydrogen (secondary N) is 1. The van der Waals surface area contributed by atoms with Gasteiger partial charge in [-0.3, -0.25) is 0 Å². The Morgan fingerprint density at radius 2 is 1.87 bits per heavy atom. The summed E-state index contributed by atoms with van der Waals surface area (Å²) in [4.78, 5) is 11.4. The average molecular weight is 442 g/mol. The van der Waals surface area contributed by atoms with Crippen LogP contribution in [0.25, 0.3) is 10.8 Å². The number of benzene rings is 2. The molecule has 170 valence electrons. The van der Waals surface area contributed by atoms with Crippen LogP contribution in [0.5, 0.6) is 5.75 Å². The first-order valence-electron chi connectivity index (χ1n) is 12.6. The monoisotopic (exact) mass is 441 g/mol. The molecule has 9 nitrogen and oxygen atoms in total. The maximum Gasteiger partial charge on any atom is 0.335 e. The molecular weight excluding hydrogens is 406 g/mol. The third-order valence-corrected chi connectivity index (χ3v) is 4.86.